The van der Waals surface area contributed by atoms with Gasteiger partial charge in [0.2, 0.25) is 0 Å². The number of benzene rings is 1. The Labute approximate surface area is 297 Å². The molecule has 1 aromatic heterocycles. The minimum absolute atomic E-state index is 0.0194. The Balaban J connectivity index is 1.45. The van der Waals surface area contributed by atoms with E-state index in [1.807, 2.05) is 0 Å². The third-order valence-corrected chi connectivity index (χ3v) is 11.0. The highest BCUT2D eigenvalue weighted by molar-refractivity contribution is 7.66. The lowest BCUT2D eigenvalue weighted by atomic mass is 9.96. The normalized spacial score (nSPS) is 20.6. The molecular weight excluding hydrogens is 775 g/mol. The second-order valence-corrected chi connectivity index (χ2v) is 15.2. The van der Waals surface area contributed by atoms with E-state index in [-0.39, 0.29) is 36.0 Å². The van der Waals surface area contributed by atoms with E-state index in [1.54, 1.807) is 12.1 Å². The molecule has 2 heterocycles. The van der Waals surface area contributed by atoms with E-state index >= 15 is 0 Å². The monoisotopic (exact) mass is 805 g/mol. The quantitative estimate of drug-likeness (QED) is 0.0383. The van der Waals surface area contributed by atoms with Gasteiger partial charge in [-0.2, -0.15) is 13.6 Å². The molecule has 2 aliphatic rings. The van der Waals surface area contributed by atoms with Gasteiger partial charge in [-0.1, -0.05) is 22.1 Å². The van der Waals surface area contributed by atoms with Gasteiger partial charge in [0, 0.05) is 22.4 Å². The van der Waals surface area contributed by atoms with Gasteiger partial charge in [-0.3, -0.25) is 9.09 Å². The summed E-state index contributed by atoms with van der Waals surface area (Å²) in [4.78, 5) is 71.2. The number of esters is 1. The Kier molecular flexibility index (Phi) is 14.2. The molecule has 1 saturated heterocycles. The van der Waals surface area contributed by atoms with Crippen molar-refractivity contribution < 1.29 is 70.2 Å². The van der Waals surface area contributed by atoms with Crippen molar-refractivity contribution in [2.45, 2.75) is 56.8 Å². The Morgan fingerprint density at radius 1 is 1.11 bits per heavy atom. The van der Waals surface area contributed by atoms with Crippen molar-refractivity contribution in [3.8, 4) is 17.6 Å². The number of phosphoric acid groups is 3. The summed E-state index contributed by atoms with van der Waals surface area (Å²) in [5.41, 5.74) is 22.8. The molecule has 28 heteroatoms. The number of aromatic nitrogens is 2. The second-order valence-electron chi connectivity index (χ2n) is 10.8. The van der Waals surface area contributed by atoms with Crippen LogP contribution in [0.25, 0.3) is 20.9 Å². The number of phosphoric ester groups is 1. The average Bonchev–Trinajstić information content (AvgIpc) is 3.44. The lowest BCUT2D eigenvalue weighted by molar-refractivity contribution is -0.0601. The Hall–Kier alpha value is -4.32. The highest BCUT2D eigenvalue weighted by Gasteiger charge is 2.43. The fraction of sp³-hybridized carbons (Fsp3) is 0.480. The molecule has 5 atom stereocenters. The highest BCUT2D eigenvalue weighted by atomic mass is 31.3. The summed E-state index contributed by atoms with van der Waals surface area (Å²) in [6, 6.07) is 4.66. The van der Waals surface area contributed by atoms with Gasteiger partial charge in [-0.25, -0.2) is 23.3 Å². The van der Waals surface area contributed by atoms with Gasteiger partial charge in [-0.15, -0.1) is 0 Å². The van der Waals surface area contributed by atoms with Crippen molar-refractivity contribution in [3.05, 3.63) is 72.5 Å². The predicted molar refractivity (Wildman–Crippen MR) is 175 cm³/mol. The summed E-state index contributed by atoms with van der Waals surface area (Å²) in [5, 5.41) is 6.73. The first-order valence-corrected chi connectivity index (χ1v) is 19.4. The zero-order chi connectivity index (χ0) is 38.8. The molecule has 6 N–H and O–H groups in total. The molecule has 2 aromatic rings. The van der Waals surface area contributed by atoms with Crippen molar-refractivity contribution >= 4 is 35.3 Å². The number of rotatable bonds is 17. The van der Waals surface area contributed by atoms with Crippen LogP contribution in [0.5, 0.6) is 5.75 Å². The van der Waals surface area contributed by atoms with Crippen molar-refractivity contribution in [2.75, 3.05) is 25.7 Å². The van der Waals surface area contributed by atoms with Gasteiger partial charge < -0.3 is 44.3 Å². The molecular formula is C25H30N9O16P3. The first kappa shape index (κ1) is 41.4. The second kappa shape index (κ2) is 18.1. The summed E-state index contributed by atoms with van der Waals surface area (Å²) in [6.07, 6.45) is 0.170. The Bertz CT molecular complexity index is 2050. The molecule has 0 bridgehead atoms. The van der Waals surface area contributed by atoms with E-state index in [9.17, 15) is 33.1 Å². The van der Waals surface area contributed by atoms with Crippen LogP contribution in [0.1, 0.15) is 53.4 Å². The fourth-order valence-corrected chi connectivity index (χ4v) is 7.71. The summed E-state index contributed by atoms with van der Waals surface area (Å²) < 4.78 is 69.9. The summed E-state index contributed by atoms with van der Waals surface area (Å²) >= 11 is 0. The van der Waals surface area contributed by atoms with E-state index in [0.29, 0.717) is 11.3 Å². The summed E-state index contributed by atoms with van der Waals surface area (Å²) in [5.74, 6) is 4.63. The van der Waals surface area contributed by atoms with Crippen LogP contribution in [0.15, 0.2) is 39.4 Å². The molecule has 25 nitrogen and oxygen atoms in total. The van der Waals surface area contributed by atoms with Gasteiger partial charge in [0.25, 0.3) is 0 Å². The third-order valence-electron chi connectivity index (χ3n) is 7.15. The number of nitrogen functional groups attached to an aromatic ring is 1. The first-order chi connectivity index (χ1) is 25.0. The zero-order valence-electron chi connectivity index (χ0n) is 27.0. The molecule has 1 saturated carbocycles. The summed E-state index contributed by atoms with van der Waals surface area (Å²) in [7, 11) is -17.0. The number of nitrogens with two attached hydrogens (primary N) is 1. The third kappa shape index (κ3) is 12.7. The molecule has 1 aliphatic carbocycles. The highest BCUT2D eigenvalue weighted by Crippen LogP contribution is 2.66. The number of carbonyl (C=O) groups is 1. The number of anilines is 1. The van der Waals surface area contributed by atoms with Gasteiger partial charge >= 0.3 is 35.1 Å². The molecule has 0 radical (unpaired) electrons. The zero-order valence-corrected chi connectivity index (χ0v) is 29.6. The number of nitrogens with zero attached hydrogens (tertiary/aromatic N) is 8. The molecule has 4 rings (SSSR count). The minimum atomic E-state index is -5.81. The van der Waals surface area contributed by atoms with Crippen LogP contribution in [0.4, 0.5) is 5.82 Å². The fourth-order valence-electron chi connectivity index (χ4n) is 4.68. The molecule has 1 aromatic carbocycles. The van der Waals surface area contributed by atoms with Crippen LogP contribution in [0, 0.1) is 11.8 Å². The largest absolute Gasteiger partial charge is 0.490 e. The van der Waals surface area contributed by atoms with E-state index in [0.717, 1.165) is 30.0 Å². The molecule has 0 spiro atoms. The van der Waals surface area contributed by atoms with Gasteiger partial charge in [0.15, 0.2) is 6.61 Å². The molecule has 286 valence electrons. The molecule has 53 heavy (non-hydrogen) atoms. The Morgan fingerprint density at radius 3 is 2.51 bits per heavy atom. The molecule has 0 amide bonds. The van der Waals surface area contributed by atoms with Crippen LogP contribution in [-0.4, -0.2) is 73.4 Å². The standard InChI is InChI=1S/C25H30N9O16P3/c26-23-15(3-2-8-44-24(35)19-7-6-18(47-17-4-1-5-17)9-16(19)11-29-32-27)12-34(25(36)31-23)22-10-20(45-14-30-33-28)21(48-22)13-46-52(40,41)50-53(42,43)49-51(37,38)39/h6-7,9,12,17,20-22H,1,4-5,8,10-11,13-14H2,(H,40,41)(H,42,43)(H2,26,31,36)(H2,37,38,39)/t20-,21-,22-/m1/s1. The number of hydrogen-bond donors (Lipinski definition) is 5. The van der Waals surface area contributed by atoms with E-state index in [1.165, 1.54) is 6.07 Å². The van der Waals surface area contributed by atoms with Gasteiger partial charge in [0.05, 0.1) is 36.5 Å². The number of ether oxygens (including phenoxy) is 4. The summed E-state index contributed by atoms with van der Waals surface area (Å²) in [6.45, 7) is -2.11. The maximum absolute atomic E-state index is 12.9. The lowest BCUT2D eigenvalue weighted by Crippen LogP contribution is -2.29. The van der Waals surface area contributed by atoms with Gasteiger partial charge in [0.1, 0.15) is 30.6 Å². The van der Waals surface area contributed by atoms with E-state index < -0.39 is 73.5 Å². The molecule has 2 unspecified atom stereocenters. The maximum atomic E-state index is 12.9. The topological polar surface area (TPSA) is 372 Å². The predicted octanol–water partition coefficient (Wildman–Crippen LogP) is 3.06. The number of azide groups is 2. The Morgan fingerprint density at radius 2 is 1.85 bits per heavy atom. The van der Waals surface area contributed by atoms with Crippen molar-refractivity contribution in [1.82, 2.24) is 9.55 Å². The van der Waals surface area contributed by atoms with Crippen molar-refractivity contribution in [3.63, 3.8) is 0 Å². The van der Waals surface area contributed by atoms with Crippen LogP contribution in [-0.2, 0) is 47.6 Å². The average molecular weight is 805 g/mol. The number of hydrogen-bond acceptors (Lipinski definition) is 16. The van der Waals surface area contributed by atoms with E-state index in [4.69, 9.17) is 45.5 Å². The number of carbonyl (C=O) groups excluding carboxylic acids is 1. The van der Waals surface area contributed by atoms with Crippen molar-refractivity contribution in [2.24, 2.45) is 10.2 Å². The van der Waals surface area contributed by atoms with Crippen molar-refractivity contribution in [1.29, 1.82) is 0 Å². The van der Waals surface area contributed by atoms with E-state index in [2.05, 4.69) is 50.0 Å². The SMILES string of the molecule is [N-]=[N+]=NCO[C@@H]1C[C@H](n2cc(C#CCOC(=O)c3ccc(OC4CCC4)cc3CN=[N+]=[N-])c(N)nc2=O)O[C@@H]1COP(=O)(O)OP(=O)(O)OP(=O)(O)O. The maximum Gasteiger partial charge on any atom is 0.490 e. The van der Waals surface area contributed by atoms with Crippen LogP contribution < -0.4 is 16.2 Å². The first-order valence-electron chi connectivity index (χ1n) is 14.9. The van der Waals surface area contributed by atoms with Crippen LogP contribution in [0.3, 0.4) is 0 Å². The van der Waals surface area contributed by atoms with Crippen LogP contribution >= 0.6 is 23.5 Å². The molecule has 1 aliphatic heterocycles. The minimum Gasteiger partial charge on any atom is -0.490 e. The molecule has 2 fully saturated rings. The smallest absolute Gasteiger partial charge is 0.490 e. The van der Waals surface area contributed by atoms with Gasteiger partial charge in [-0.05, 0) is 54.1 Å². The lowest BCUT2D eigenvalue weighted by Gasteiger charge is -2.26. The van der Waals surface area contributed by atoms with Crippen LogP contribution in [0.2, 0.25) is 0 Å².